The van der Waals surface area contributed by atoms with E-state index in [1.807, 2.05) is 0 Å². The number of alkyl carbamates (subject to hydrolysis) is 1. The van der Waals surface area contributed by atoms with Crippen LogP contribution in [0.15, 0.2) is 28.6 Å². The molecule has 0 aliphatic carbocycles. The average molecular weight is 493 g/mol. The van der Waals surface area contributed by atoms with Gasteiger partial charge in [-0.3, -0.25) is 9.36 Å². The Labute approximate surface area is 196 Å². The van der Waals surface area contributed by atoms with Crippen LogP contribution in [0.1, 0.15) is 37.6 Å². The van der Waals surface area contributed by atoms with Gasteiger partial charge in [-0.25, -0.2) is 23.4 Å². The minimum Gasteiger partial charge on any atom is -0.477 e. The SMILES string of the molecule is CC(C)(C)OC(=O)NC1CCN(c2c(F)cc3c(=O)c(C(=O)O)cn(-c4nccs4)c3c2F)C1. The number of amides is 1. The number of pyridine rings is 1. The van der Waals surface area contributed by atoms with E-state index < -0.39 is 51.7 Å². The monoisotopic (exact) mass is 492 g/mol. The molecule has 1 atom stereocenters. The summed E-state index contributed by atoms with van der Waals surface area (Å²) in [6, 6.07) is 0.446. The molecular weight excluding hydrogens is 470 g/mol. The number of aromatic nitrogens is 2. The molecule has 3 aromatic rings. The summed E-state index contributed by atoms with van der Waals surface area (Å²) in [7, 11) is 0. The summed E-state index contributed by atoms with van der Waals surface area (Å²) < 4.78 is 37.4. The Balaban J connectivity index is 1.76. The smallest absolute Gasteiger partial charge is 0.407 e. The van der Waals surface area contributed by atoms with Crippen LogP contribution in [0.25, 0.3) is 16.0 Å². The van der Waals surface area contributed by atoms with Gasteiger partial charge in [0.2, 0.25) is 5.43 Å². The van der Waals surface area contributed by atoms with Gasteiger partial charge in [0.15, 0.2) is 10.9 Å². The number of carboxylic acids is 1. The molecule has 4 rings (SSSR count). The van der Waals surface area contributed by atoms with E-state index in [0.717, 1.165) is 28.2 Å². The lowest BCUT2D eigenvalue weighted by Crippen LogP contribution is -2.40. The van der Waals surface area contributed by atoms with Crippen molar-refractivity contribution in [3.63, 3.8) is 0 Å². The molecule has 2 N–H and O–H groups in total. The molecule has 1 saturated heterocycles. The molecule has 1 fully saturated rings. The molecule has 1 aliphatic heterocycles. The van der Waals surface area contributed by atoms with Crippen LogP contribution in [0.5, 0.6) is 0 Å². The first-order valence-electron chi connectivity index (χ1n) is 10.4. The van der Waals surface area contributed by atoms with Crippen LogP contribution in [0.2, 0.25) is 0 Å². The summed E-state index contributed by atoms with van der Waals surface area (Å²) in [4.78, 5) is 41.9. The molecule has 3 heterocycles. The van der Waals surface area contributed by atoms with E-state index in [9.17, 15) is 19.5 Å². The van der Waals surface area contributed by atoms with E-state index in [2.05, 4.69) is 10.3 Å². The van der Waals surface area contributed by atoms with Gasteiger partial charge in [0.1, 0.15) is 22.7 Å². The van der Waals surface area contributed by atoms with Gasteiger partial charge >= 0.3 is 12.1 Å². The highest BCUT2D eigenvalue weighted by Gasteiger charge is 2.31. The molecule has 1 aromatic carbocycles. The number of carbonyl (C=O) groups is 2. The van der Waals surface area contributed by atoms with Gasteiger partial charge in [-0.1, -0.05) is 0 Å². The molecular formula is C22H22F2N4O5S. The number of nitrogens with one attached hydrogen (secondary N) is 1. The van der Waals surface area contributed by atoms with Crippen molar-refractivity contribution >= 4 is 40.0 Å². The third-order valence-corrected chi connectivity index (χ3v) is 6.01. The summed E-state index contributed by atoms with van der Waals surface area (Å²) in [5.74, 6) is -3.54. The fraction of sp³-hybridized carbons (Fsp3) is 0.364. The molecule has 0 radical (unpaired) electrons. The Morgan fingerprint density at radius 3 is 2.68 bits per heavy atom. The molecule has 2 aromatic heterocycles. The minimum atomic E-state index is -1.52. The maximum atomic E-state index is 15.8. The number of nitrogens with zero attached hydrogens (tertiary/aromatic N) is 3. The Kier molecular flexibility index (Phi) is 6.02. The highest BCUT2D eigenvalue weighted by Crippen LogP contribution is 2.33. The highest BCUT2D eigenvalue weighted by molar-refractivity contribution is 7.12. The van der Waals surface area contributed by atoms with E-state index in [1.165, 1.54) is 11.1 Å². The second-order valence-corrected chi connectivity index (χ2v) is 9.73. The molecule has 180 valence electrons. The zero-order chi connectivity index (χ0) is 24.8. The fourth-order valence-electron chi connectivity index (χ4n) is 3.89. The molecule has 12 heteroatoms. The van der Waals surface area contributed by atoms with E-state index >= 15 is 8.78 Å². The number of benzene rings is 1. The maximum Gasteiger partial charge on any atom is 0.407 e. The first-order valence-corrected chi connectivity index (χ1v) is 11.3. The molecule has 34 heavy (non-hydrogen) atoms. The number of carbonyl (C=O) groups excluding carboxylic acids is 1. The third kappa shape index (κ3) is 4.45. The van der Waals surface area contributed by atoms with Crippen LogP contribution < -0.4 is 15.6 Å². The van der Waals surface area contributed by atoms with Crippen molar-refractivity contribution in [2.75, 3.05) is 18.0 Å². The van der Waals surface area contributed by atoms with Crippen LogP contribution in [0, 0.1) is 11.6 Å². The second-order valence-electron chi connectivity index (χ2n) is 8.86. The summed E-state index contributed by atoms with van der Waals surface area (Å²) in [5, 5.41) is 13.5. The maximum absolute atomic E-state index is 15.8. The van der Waals surface area contributed by atoms with Crippen LogP contribution in [0.3, 0.4) is 0 Å². The van der Waals surface area contributed by atoms with E-state index in [-0.39, 0.29) is 29.4 Å². The molecule has 9 nitrogen and oxygen atoms in total. The van der Waals surface area contributed by atoms with Crippen LogP contribution in [-0.4, -0.2) is 51.5 Å². The van der Waals surface area contributed by atoms with Crippen molar-refractivity contribution < 1.29 is 28.2 Å². The number of aromatic carboxylic acids is 1. The zero-order valence-electron chi connectivity index (χ0n) is 18.6. The van der Waals surface area contributed by atoms with Crippen molar-refractivity contribution in [3.8, 4) is 5.13 Å². The molecule has 0 bridgehead atoms. The lowest BCUT2D eigenvalue weighted by atomic mass is 10.1. The van der Waals surface area contributed by atoms with E-state index in [0.29, 0.717) is 6.42 Å². The quantitative estimate of drug-likeness (QED) is 0.573. The predicted molar refractivity (Wildman–Crippen MR) is 122 cm³/mol. The minimum absolute atomic E-state index is 0.118. The number of hydrogen-bond acceptors (Lipinski definition) is 7. The zero-order valence-corrected chi connectivity index (χ0v) is 19.4. The van der Waals surface area contributed by atoms with Crippen molar-refractivity contribution in [2.45, 2.75) is 38.8 Å². The molecule has 0 spiro atoms. The Morgan fingerprint density at radius 2 is 2.06 bits per heavy atom. The van der Waals surface area contributed by atoms with E-state index in [1.54, 1.807) is 26.2 Å². The third-order valence-electron chi connectivity index (χ3n) is 5.24. The van der Waals surface area contributed by atoms with Gasteiger partial charge in [-0.05, 0) is 33.3 Å². The summed E-state index contributed by atoms with van der Waals surface area (Å²) in [5.41, 5.74) is -2.95. The average Bonchev–Trinajstić information content (AvgIpc) is 3.39. The van der Waals surface area contributed by atoms with E-state index in [4.69, 9.17) is 4.74 Å². The summed E-state index contributed by atoms with van der Waals surface area (Å²) in [6.45, 7) is 5.54. The van der Waals surface area contributed by atoms with Crippen LogP contribution in [0.4, 0.5) is 19.3 Å². The normalized spacial score (nSPS) is 16.1. The first kappa shape index (κ1) is 23.6. The Morgan fingerprint density at radius 1 is 1.32 bits per heavy atom. The first-order chi connectivity index (χ1) is 16.0. The lowest BCUT2D eigenvalue weighted by Gasteiger charge is -2.23. The van der Waals surface area contributed by atoms with Crippen LogP contribution in [-0.2, 0) is 4.74 Å². The van der Waals surface area contributed by atoms with Crippen molar-refractivity contribution in [2.24, 2.45) is 0 Å². The van der Waals surface area contributed by atoms with Gasteiger partial charge in [0.05, 0.1) is 16.9 Å². The van der Waals surface area contributed by atoms with Gasteiger partial charge in [-0.15, -0.1) is 11.3 Å². The number of rotatable bonds is 4. The predicted octanol–water partition coefficient (Wildman–Crippen LogP) is 3.53. The number of ether oxygens (including phenoxy) is 1. The van der Waals surface area contributed by atoms with Crippen molar-refractivity contribution in [1.29, 1.82) is 0 Å². The summed E-state index contributed by atoms with van der Waals surface area (Å²) >= 11 is 1.10. The molecule has 1 unspecified atom stereocenters. The number of fused-ring (bicyclic) bond motifs is 1. The number of carboxylic acid groups (broad SMARTS) is 1. The topological polar surface area (TPSA) is 114 Å². The number of anilines is 1. The van der Waals surface area contributed by atoms with Crippen molar-refractivity contribution in [1.82, 2.24) is 14.9 Å². The standard InChI is InChI=1S/C22H22F2N4O5S/c1-22(2,3)33-21(32)26-11-4-6-27(9-11)17-14(23)8-12-16(15(17)24)28(20-25-5-7-34-20)10-13(18(12)29)19(30)31/h5,7-8,10-11H,4,6,9H2,1-3H3,(H,26,32)(H,30,31). The Bertz CT molecular complexity index is 1330. The fourth-order valence-corrected chi connectivity index (χ4v) is 4.51. The number of halogens is 2. The Hall–Kier alpha value is -3.54. The molecule has 0 saturated carbocycles. The number of hydrogen-bond donors (Lipinski definition) is 2. The number of thiazole rings is 1. The van der Waals surface area contributed by atoms with Crippen molar-refractivity contribution in [3.05, 3.63) is 51.3 Å². The van der Waals surface area contributed by atoms with Gasteiger partial charge in [0, 0.05) is 30.9 Å². The van der Waals surface area contributed by atoms with Gasteiger partial charge in [-0.2, -0.15) is 0 Å². The summed E-state index contributed by atoms with van der Waals surface area (Å²) in [6.07, 6.45) is 2.23. The largest absolute Gasteiger partial charge is 0.477 e. The highest BCUT2D eigenvalue weighted by atomic mass is 32.1. The van der Waals surface area contributed by atoms with Crippen LogP contribution >= 0.6 is 11.3 Å². The van der Waals surface area contributed by atoms with Gasteiger partial charge < -0.3 is 20.1 Å². The molecule has 1 amide bonds. The molecule has 1 aliphatic rings. The lowest BCUT2D eigenvalue weighted by molar-refractivity contribution is 0.0508. The second kappa shape index (κ2) is 8.67. The van der Waals surface area contributed by atoms with Gasteiger partial charge in [0.25, 0.3) is 0 Å².